The number of hydrogen-bond acceptors (Lipinski definition) is 4. The van der Waals surface area contributed by atoms with Crippen molar-refractivity contribution < 1.29 is 19.5 Å². The molecule has 0 aliphatic heterocycles. The summed E-state index contributed by atoms with van der Waals surface area (Å²) in [4.78, 5) is 36.3. The number of carboxylic acid groups (broad SMARTS) is 1. The Bertz CT molecular complexity index is 1350. The number of carbonyl (C=O) groups excluding carboxylic acids is 2. The molecule has 0 aliphatic rings. The SMILES string of the molecule is C=C(/C=c1/cccc/c1=C/N)C(=O)Nc1cc(C(=O)Nc2cc(C(=O)O)n(C)c2)n(C)c1. The summed E-state index contributed by atoms with van der Waals surface area (Å²) in [5, 5.41) is 16.0. The van der Waals surface area contributed by atoms with E-state index in [1.165, 1.54) is 29.1 Å². The molecule has 2 heterocycles. The van der Waals surface area contributed by atoms with Crippen LogP contribution in [0.1, 0.15) is 21.0 Å². The highest BCUT2D eigenvalue weighted by Gasteiger charge is 2.16. The molecule has 1 aromatic carbocycles. The minimum atomic E-state index is -1.10. The quantitative estimate of drug-likeness (QED) is 0.431. The molecule has 3 aromatic rings. The summed E-state index contributed by atoms with van der Waals surface area (Å²) in [6.45, 7) is 3.81. The zero-order valence-corrected chi connectivity index (χ0v) is 17.6. The molecule has 0 bridgehead atoms. The number of hydrogen-bond donors (Lipinski definition) is 4. The van der Waals surface area contributed by atoms with Gasteiger partial charge in [0.1, 0.15) is 11.4 Å². The van der Waals surface area contributed by atoms with Crippen molar-refractivity contribution in [3.8, 4) is 0 Å². The topological polar surface area (TPSA) is 131 Å². The van der Waals surface area contributed by atoms with Gasteiger partial charge in [0, 0.05) is 38.3 Å². The molecular formula is C23H23N5O4. The van der Waals surface area contributed by atoms with Crippen molar-refractivity contribution in [2.45, 2.75) is 0 Å². The van der Waals surface area contributed by atoms with E-state index in [0.29, 0.717) is 11.4 Å². The Morgan fingerprint density at radius 3 is 2.12 bits per heavy atom. The molecule has 0 unspecified atom stereocenters. The molecule has 2 aromatic heterocycles. The Kier molecular flexibility index (Phi) is 6.29. The largest absolute Gasteiger partial charge is 0.477 e. The first-order chi connectivity index (χ1) is 15.2. The molecule has 0 saturated heterocycles. The number of amides is 2. The number of nitrogens with zero attached hydrogens (tertiary/aromatic N) is 2. The Balaban J connectivity index is 1.74. The minimum Gasteiger partial charge on any atom is -0.477 e. The Morgan fingerprint density at radius 2 is 1.53 bits per heavy atom. The molecule has 9 nitrogen and oxygen atoms in total. The monoisotopic (exact) mass is 433 g/mol. The number of carboxylic acids is 1. The zero-order chi connectivity index (χ0) is 23.4. The highest BCUT2D eigenvalue weighted by Crippen LogP contribution is 2.18. The fraction of sp³-hybridized carbons (Fsp3) is 0.0870. The van der Waals surface area contributed by atoms with Crippen LogP contribution in [0, 0.1) is 0 Å². The number of aromatic carboxylic acids is 1. The number of carbonyl (C=O) groups is 3. The second-order valence-corrected chi connectivity index (χ2v) is 7.13. The third kappa shape index (κ3) is 4.78. The van der Waals surface area contributed by atoms with Crippen molar-refractivity contribution in [3.05, 3.63) is 82.8 Å². The lowest BCUT2D eigenvalue weighted by atomic mass is 10.1. The molecule has 0 aliphatic carbocycles. The van der Waals surface area contributed by atoms with Crippen molar-refractivity contribution in [2.75, 3.05) is 10.6 Å². The first-order valence-electron chi connectivity index (χ1n) is 9.56. The molecule has 0 fully saturated rings. The fourth-order valence-electron chi connectivity index (χ4n) is 3.16. The molecule has 164 valence electrons. The second-order valence-electron chi connectivity index (χ2n) is 7.13. The van der Waals surface area contributed by atoms with Gasteiger partial charge in [-0.3, -0.25) is 9.59 Å². The van der Waals surface area contributed by atoms with E-state index in [4.69, 9.17) is 10.8 Å². The van der Waals surface area contributed by atoms with Crippen LogP contribution in [0.4, 0.5) is 11.4 Å². The number of rotatable bonds is 6. The molecule has 0 atom stereocenters. The van der Waals surface area contributed by atoms with Crippen molar-refractivity contribution in [2.24, 2.45) is 19.8 Å². The van der Waals surface area contributed by atoms with E-state index in [1.54, 1.807) is 30.9 Å². The highest BCUT2D eigenvalue weighted by molar-refractivity contribution is 6.10. The Hall–Kier alpha value is -4.53. The van der Waals surface area contributed by atoms with Crippen LogP contribution in [0.2, 0.25) is 0 Å². The Morgan fingerprint density at radius 1 is 0.969 bits per heavy atom. The average Bonchev–Trinajstić information content (AvgIpc) is 3.30. The predicted molar refractivity (Wildman–Crippen MR) is 122 cm³/mol. The number of nitrogens with two attached hydrogens (primary N) is 1. The van der Waals surface area contributed by atoms with E-state index < -0.39 is 17.8 Å². The minimum absolute atomic E-state index is 0.0451. The lowest BCUT2D eigenvalue weighted by Gasteiger charge is -2.03. The van der Waals surface area contributed by atoms with Gasteiger partial charge in [0.05, 0.1) is 11.4 Å². The van der Waals surface area contributed by atoms with Crippen molar-refractivity contribution in [3.63, 3.8) is 0 Å². The number of nitrogens with one attached hydrogen (secondary N) is 2. The van der Waals surface area contributed by atoms with Crippen LogP contribution in [-0.2, 0) is 18.9 Å². The molecule has 9 heteroatoms. The van der Waals surface area contributed by atoms with Crippen LogP contribution in [0.15, 0.2) is 60.9 Å². The van der Waals surface area contributed by atoms with E-state index in [2.05, 4.69) is 17.2 Å². The van der Waals surface area contributed by atoms with Gasteiger partial charge in [0.25, 0.3) is 11.8 Å². The molecule has 0 radical (unpaired) electrons. The van der Waals surface area contributed by atoms with Gasteiger partial charge in [-0.15, -0.1) is 0 Å². The van der Waals surface area contributed by atoms with E-state index >= 15 is 0 Å². The number of benzene rings is 1. The first kappa shape index (κ1) is 22.2. The van der Waals surface area contributed by atoms with Crippen molar-refractivity contribution in [1.29, 1.82) is 0 Å². The maximum atomic E-state index is 12.6. The zero-order valence-electron chi connectivity index (χ0n) is 17.6. The normalized spacial score (nSPS) is 11.9. The lowest BCUT2D eigenvalue weighted by Crippen LogP contribution is -2.26. The number of aryl methyl sites for hydroxylation is 2. The van der Waals surface area contributed by atoms with Gasteiger partial charge < -0.3 is 30.6 Å². The van der Waals surface area contributed by atoms with Gasteiger partial charge >= 0.3 is 5.97 Å². The van der Waals surface area contributed by atoms with Crippen molar-refractivity contribution in [1.82, 2.24) is 9.13 Å². The summed E-state index contributed by atoms with van der Waals surface area (Å²) in [5.41, 5.74) is 6.91. The molecule has 0 spiro atoms. The molecule has 0 saturated carbocycles. The van der Waals surface area contributed by atoms with Crippen LogP contribution in [-0.4, -0.2) is 32.0 Å². The van der Waals surface area contributed by atoms with Crippen LogP contribution < -0.4 is 26.8 Å². The summed E-state index contributed by atoms with van der Waals surface area (Å²) in [5.74, 6) is -1.97. The van der Waals surface area contributed by atoms with Gasteiger partial charge in [0.2, 0.25) is 0 Å². The predicted octanol–water partition coefficient (Wildman–Crippen LogP) is 0.986. The van der Waals surface area contributed by atoms with E-state index in [9.17, 15) is 14.4 Å². The second kappa shape index (κ2) is 9.09. The van der Waals surface area contributed by atoms with E-state index in [-0.39, 0.29) is 17.0 Å². The van der Waals surface area contributed by atoms with Crippen LogP contribution in [0.5, 0.6) is 0 Å². The molecule has 3 rings (SSSR count). The average molecular weight is 433 g/mol. The summed E-state index contributed by atoms with van der Waals surface area (Å²) >= 11 is 0. The fourth-order valence-corrected chi connectivity index (χ4v) is 3.16. The maximum absolute atomic E-state index is 12.6. The summed E-state index contributed by atoms with van der Waals surface area (Å²) < 4.78 is 2.95. The van der Waals surface area contributed by atoms with Crippen molar-refractivity contribution >= 4 is 41.4 Å². The van der Waals surface area contributed by atoms with E-state index in [1.807, 2.05) is 24.3 Å². The third-order valence-corrected chi connectivity index (χ3v) is 4.77. The summed E-state index contributed by atoms with van der Waals surface area (Å²) in [6, 6.07) is 10.2. The van der Waals surface area contributed by atoms with Gasteiger partial charge in [-0.05, 0) is 28.6 Å². The number of anilines is 2. The van der Waals surface area contributed by atoms with Gasteiger partial charge in [0.15, 0.2) is 0 Å². The standard InChI is InChI=1S/C23H23N5O4/c1-14(8-15-6-4-5-7-16(15)11-24)21(29)25-17-9-19(27(2)12-17)22(30)26-18-10-20(23(31)32)28(3)13-18/h4-13H,1,24H2,2-3H3,(H,25,29)(H,26,30)(H,31,32)/b15-8-,16-11-. The van der Waals surface area contributed by atoms with Crippen LogP contribution >= 0.6 is 0 Å². The molecule has 2 amide bonds. The maximum Gasteiger partial charge on any atom is 0.352 e. The van der Waals surface area contributed by atoms with Gasteiger partial charge in [-0.2, -0.15) is 0 Å². The first-order valence-corrected chi connectivity index (χ1v) is 9.56. The third-order valence-electron chi connectivity index (χ3n) is 4.77. The summed E-state index contributed by atoms with van der Waals surface area (Å²) in [7, 11) is 3.23. The highest BCUT2D eigenvalue weighted by atomic mass is 16.4. The smallest absolute Gasteiger partial charge is 0.352 e. The van der Waals surface area contributed by atoms with Crippen LogP contribution in [0.25, 0.3) is 12.3 Å². The van der Waals surface area contributed by atoms with Gasteiger partial charge in [-0.25, -0.2) is 4.79 Å². The Labute approximate surface area is 183 Å². The van der Waals surface area contributed by atoms with Gasteiger partial charge in [-0.1, -0.05) is 30.8 Å². The van der Waals surface area contributed by atoms with E-state index in [0.717, 1.165) is 10.4 Å². The summed E-state index contributed by atoms with van der Waals surface area (Å²) in [6.07, 6.45) is 6.17. The lowest BCUT2D eigenvalue weighted by molar-refractivity contribution is -0.112. The molecular weight excluding hydrogens is 410 g/mol. The molecule has 5 N–H and O–H groups in total. The van der Waals surface area contributed by atoms with Crippen LogP contribution in [0.3, 0.4) is 0 Å². The number of aromatic nitrogens is 2. The molecule has 32 heavy (non-hydrogen) atoms.